The zero-order valence-corrected chi connectivity index (χ0v) is 11.7. The average Bonchev–Trinajstić information content (AvgIpc) is 2.51. The number of anilines is 1. The fraction of sp³-hybridized carbons (Fsp3) is 0.125. The van der Waals surface area contributed by atoms with Crippen molar-refractivity contribution in [1.82, 2.24) is 9.55 Å². The minimum Gasteiger partial charge on any atom is -0.373 e. The number of rotatable bonds is 2. The Kier molecular flexibility index (Phi) is 3.17. The van der Waals surface area contributed by atoms with Crippen LogP contribution in [0, 0.1) is 5.82 Å². The summed E-state index contributed by atoms with van der Waals surface area (Å²) in [5, 5.41) is 3.81. The van der Waals surface area contributed by atoms with E-state index in [1.54, 1.807) is 43.1 Å². The molecule has 4 nitrogen and oxygen atoms in total. The molecule has 1 aromatic carbocycles. The number of fused-ring (bicyclic) bond motifs is 1. The van der Waals surface area contributed by atoms with Gasteiger partial charge in [0.05, 0.1) is 5.52 Å². The minimum absolute atomic E-state index is 0.123. The van der Waals surface area contributed by atoms with Crippen molar-refractivity contribution >= 4 is 16.7 Å². The molecule has 21 heavy (non-hydrogen) atoms. The van der Waals surface area contributed by atoms with E-state index >= 15 is 0 Å². The Morgan fingerprint density at radius 2 is 1.90 bits per heavy atom. The van der Waals surface area contributed by atoms with Gasteiger partial charge in [-0.05, 0) is 23.8 Å². The lowest BCUT2D eigenvalue weighted by atomic mass is 10.1. The van der Waals surface area contributed by atoms with Crippen LogP contribution in [0.4, 0.5) is 10.2 Å². The van der Waals surface area contributed by atoms with Gasteiger partial charge in [0.25, 0.3) is 5.56 Å². The molecule has 0 fully saturated rings. The Bertz CT molecular complexity index is 869. The van der Waals surface area contributed by atoms with Gasteiger partial charge < -0.3 is 9.88 Å². The van der Waals surface area contributed by atoms with E-state index in [-0.39, 0.29) is 11.4 Å². The SMILES string of the molecule is CNc1cc2c(cn1)cc(-c1ccc(F)cc1)c(=O)n2C. The summed E-state index contributed by atoms with van der Waals surface area (Å²) >= 11 is 0. The van der Waals surface area contributed by atoms with E-state index in [4.69, 9.17) is 0 Å². The third-order valence-electron chi connectivity index (χ3n) is 3.52. The summed E-state index contributed by atoms with van der Waals surface area (Å²) in [4.78, 5) is 16.8. The predicted molar refractivity (Wildman–Crippen MR) is 81.9 cm³/mol. The van der Waals surface area contributed by atoms with Gasteiger partial charge in [-0.2, -0.15) is 0 Å². The summed E-state index contributed by atoms with van der Waals surface area (Å²) in [6.07, 6.45) is 1.72. The maximum atomic E-state index is 13.0. The summed E-state index contributed by atoms with van der Waals surface area (Å²) in [7, 11) is 3.50. The molecule has 0 saturated heterocycles. The zero-order valence-electron chi connectivity index (χ0n) is 11.7. The first kappa shape index (κ1) is 13.3. The van der Waals surface area contributed by atoms with Gasteiger partial charge in [0, 0.05) is 37.3 Å². The molecule has 0 saturated carbocycles. The third-order valence-corrected chi connectivity index (χ3v) is 3.52. The van der Waals surface area contributed by atoms with Gasteiger partial charge in [-0.25, -0.2) is 9.37 Å². The highest BCUT2D eigenvalue weighted by Gasteiger charge is 2.10. The molecule has 2 aromatic heterocycles. The Morgan fingerprint density at radius 1 is 1.19 bits per heavy atom. The number of aromatic nitrogens is 2. The molecule has 0 atom stereocenters. The standard InChI is InChI=1S/C16H14FN3O/c1-18-15-8-14-11(9-19-15)7-13(16(21)20(14)2)10-3-5-12(17)6-4-10/h3-9H,1-2H3,(H,18,19). The predicted octanol–water partition coefficient (Wildman–Crippen LogP) is 2.78. The molecule has 106 valence electrons. The molecular formula is C16H14FN3O. The van der Waals surface area contributed by atoms with Gasteiger partial charge in [-0.3, -0.25) is 4.79 Å². The monoisotopic (exact) mass is 283 g/mol. The summed E-state index contributed by atoms with van der Waals surface area (Å²) in [6.45, 7) is 0. The summed E-state index contributed by atoms with van der Waals surface area (Å²) < 4.78 is 14.6. The number of halogens is 1. The molecule has 0 unspecified atom stereocenters. The Balaban J connectivity index is 2.28. The molecule has 5 heteroatoms. The van der Waals surface area contributed by atoms with E-state index in [2.05, 4.69) is 10.3 Å². The molecular weight excluding hydrogens is 269 g/mol. The van der Waals surface area contributed by atoms with Crippen LogP contribution in [-0.4, -0.2) is 16.6 Å². The topological polar surface area (TPSA) is 46.9 Å². The molecule has 2 heterocycles. The van der Waals surface area contributed by atoms with E-state index in [1.165, 1.54) is 12.1 Å². The van der Waals surface area contributed by atoms with Crippen molar-refractivity contribution in [3.8, 4) is 11.1 Å². The van der Waals surface area contributed by atoms with Crippen molar-refractivity contribution in [2.75, 3.05) is 12.4 Å². The van der Waals surface area contributed by atoms with Crippen LogP contribution in [0.2, 0.25) is 0 Å². The average molecular weight is 283 g/mol. The largest absolute Gasteiger partial charge is 0.373 e. The molecule has 3 aromatic rings. The van der Waals surface area contributed by atoms with Gasteiger partial charge in [0.2, 0.25) is 0 Å². The van der Waals surface area contributed by atoms with Crippen molar-refractivity contribution in [3.63, 3.8) is 0 Å². The van der Waals surface area contributed by atoms with E-state index in [1.807, 2.05) is 6.07 Å². The molecule has 1 N–H and O–H groups in total. The van der Waals surface area contributed by atoms with Gasteiger partial charge in [0.15, 0.2) is 0 Å². The number of aryl methyl sites for hydroxylation is 1. The highest BCUT2D eigenvalue weighted by Crippen LogP contribution is 2.22. The van der Waals surface area contributed by atoms with E-state index < -0.39 is 0 Å². The number of hydrogen-bond donors (Lipinski definition) is 1. The Morgan fingerprint density at radius 3 is 2.57 bits per heavy atom. The van der Waals surface area contributed by atoms with Crippen LogP contribution in [-0.2, 0) is 7.05 Å². The first-order chi connectivity index (χ1) is 10.1. The van der Waals surface area contributed by atoms with E-state index in [0.717, 1.165) is 10.9 Å². The second-order valence-corrected chi connectivity index (χ2v) is 4.81. The second kappa shape index (κ2) is 5.01. The Labute approximate surface area is 120 Å². The Hall–Kier alpha value is -2.69. The number of hydrogen-bond acceptors (Lipinski definition) is 3. The van der Waals surface area contributed by atoms with Crippen LogP contribution in [0.5, 0.6) is 0 Å². The van der Waals surface area contributed by atoms with Crippen LogP contribution in [0.15, 0.2) is 47.4 Å². The third kappa shape index (κ3) is 2.27. The molecule has 0 radical (unpaired) electrons. The van der Waals surface area contributed by atoms with E-state index in [9.17, 15) is 9.18 Å². The molecule has 0 bridgehead atoms. The number of pyridine rings is 2. The summed E-state index contributed by atoms with van der Waals surface area (Å²) in [6, 6.07) is 9.52. The van der Waals surface area contributed by atoms with Crippen molar-refractivity contribution < 1.29 is 4.39 Å². The smallest absolute Gasteiger partial charge is 0.258 e. The van der Waals surface area contributed by atoms with Crippen LogP contribution < -0.4 is 10.9 Å². The summed E-state index contributed by atoms with van der Waals surface area (Å²) in [5.74, 6) is 0.378. The van der Waals surface area contributed by atoms with Gasteiger partial charge in [-0.1, -0.05) is 12.1 Å². The lowest BCUT2D eigenvalue weighted by Gasteiger charge is -2.10. The molecule has 0 spiro atoms. The molecule has 0 aliphatic carbocycles. The fourth-order valence-corrected chi connectivity index (χ4v) is 2.34. The maximum Gasteiger partial charge on any atom is 0.258 e. The van der Waals surface area contributed by atoms with Crippen LogP contribution in [0.1, 0.15) is 0 Å². The van der Waals surface area contributed by atoms with Crippen LogP contribution in [0.25, 0.3) is 22.0 Å². The fourth-order valence-electron chi connectivity index (χ4n) is 2.34. The number of nitrogens with one attached hydrogen (secondary N) is 1. The highest BCUT2D eigenvalue weighted by atomic mass is 19.1. The lowest BCUT2D eigenvalue weighted by Crippen LogP contribution is -2.19. The molecule has 0 aliphatic rings. The first-order valence-electron chi connectivity index (χ1n) is 6.53. The first-order valence-corrected chi connectivity index (χ1v) is 6.53. The van der Waals surface area contributed by atoms with Gasteiger partial charge in [-0.15, -0.1) is 0 Å². The van der Waals surface area contributed by atoms with Crippen LogP contribution >= 0.6 is 0 Å². The lowest BCUT2D eigenvalue weighted by molar-refractivity contribution is 0.628. The maximum absolute atomic E-state index is 13.0. The van der Waals surface area contributed by atoms with Crippen LogP contribution in [0.3, 0.4) is 0 Å². The van der Waals surface area contributed by atoms with Crippen molar-refractivity contribution in [2.45, 2.75) is 0 Å². The zero-order chi connectivity index (χ0) is 15.0. The second-order valence-electron chi connectivity index (χ2n) is 4.81. The number of benzene rings is 1. The quantitative estimate of drug-likeness (QED) is 0.786. The van der Waals surface area contributed by atoms with Gasteiger partial charge >= 0.3 is 0 Å². The number of nitrogens with zero attached hydrogens (tertiary/aromatic N) is 2. The molecule has 3 rings (SSSR count). The molecule has 0 aliphatic heterocycles. The minimum atomic E-state index is -0.323. The van der Waals surface area contributed by atoms with Crippen molar-refractivity contribution in [3.05, 3.63) is 58.8 Å². The summed E-state index contributed by atoms with van der Waals surface area (Å²) in [5.41, 5.74) is 1.90. The van der Waals surface area contributed by atoms with Gasteiger partial charge in [0.1, 0.15) is 11.6 Å². The van der Waals surface area contributed by atoms with E-state index in [0.29, 0.717) is 16.9 Å². The normalized spacial score (nSPS) is 10.8. The molecule has 0 amide bonds. The van der Waals surface area contributed by atoms with Crippen molar-refractivity contribution in [2.24, 2.45) is 7.05 Å². The highest BCUT2D eigenvalue weighted by molar-refractivity contribution is 5.85. The van der Waals surface area contributed by atoms with Crippen molar-refractivity contribution in [1.29, 1.82) is 0 Å².